The van der Waals surface area contributed by atoms with E-state index in [1.807, 2.05) is 0 Å². The molecule has 4 aromatic rings. The molecular formula is C27H23P. The summed E-state index contributed by atoms with van der Waals surface area (Å²) in [5.74, 6) is 1.06. The first kappa shape index (κ1) is 15.7. The van der Waals surface area contributed by atoms with Gasteiger partial charge in [0.1, 0.15) is 0 Å². The molecular weight excluding hydrogens is 355 g/mol. The predicted octanol–water partition coefficient (Wildman–Crippen LogP) is 7.71. The summed E-state index contributed by atoms with van der Waals surface area (Å²) in [4.78, 5) is 0. The second-order valence-electron chi connectivity index (χ2n) is 9.04. The molecule has 2 saturated carbocycles. The predicted molar refractivity (Wildman–Crippen MR) is 121 cm³/mol. The number of rotatable bonds is 1. The Bertz CT molecular complexity index is 1180. The zero-order chi connectivity index (χ0) is 18.3. The van der Waals surface area contributed by atoms with E-state index in [2.05, 4.69) is 72.8 Å². The highest BCUT2D eigenvalue weighted by molar-refractivity contribution is 7.58. The molecule has 2 atom stereocenters. The molecule has 1 heterocycles. The number of hydrogen-bond acceptors (Lipinski definition) is 0. The van der Waals surface area contributed by atoms with Crippen molar-refractivity contribution in [2.45, 2.75) is 36.7 Å². The minimum Gasteiger partial charge on any atom is -0.0910 e. The van der Waals surface area contributed by atoms with E-state index >= 15 is 0 Å². The molecule has 0 spiro atoms. The van der Waals surface area contributed by atoms with Gasteiger partial charge in [-0.3, -0.25) is 0 Å². The van der Waals surface area contributed by atoms with E-state index < -0.39 is 0 Å². The molecule has 28 heavy (non-hydrogen) atoms. The van der Waals surface area contributed by atoms with Gasteiger partial charge in [-0.1, -0.05) is 80.7 Å². The van der Waals surface area contributed by atoms with Crippen molar-refractivity contribution in [2.75, 3.05) is 0 Å². The Kier molecular flexibility index (Phi) is 3.06. The van der Waals surface area contributed by atoms with Crippen LogP contribution < -0.4 is 0 Å². The van der Waals surface area contributed by atoms with Crippen LogP contribution in [0.3, 0.4) is 0 Å². The molecule has 0 aromatic heterocycles. The van der Waals surface area contributed by atoms with E-state index in [1.165, 1.54) is 64.3 Å². The molecule has 4 aromatic carbocycles. The third kappa shape index (κ3) is 2.00. The van der Waals surface area contributed by atoms with E-state index in [0.29, 0.717) is 0 Å². The lowest BCUT2D eigenvalue weighted by Crippen LogP contribution is -2.20. The van der Waals surface area contributed by atoms with Gasteiger partial charge in [-0.05, 0) is 86.5 Å². The van der Waals surface area contributed by atoms with Crippen molar-refractivity contribution in [2.24, 2.45) is 5.92 Å². The van der Waals surface area contributed by atoms with Crippen LogP contribution in [-0.4, -0.2) is 5.16 Å². The third-order valence-corrected chi connectivity index (χ3v) is 11.2. The van der Waals surface area contributed by atoms with Crippen LogP contribution in [0, 0.1) is 5.92 Å². The quantitative estimate of drug-likeness (QED) is 0.298. The van der Waals surface area contributed by atoms with Crippen molar-refractivity contribution in [1.29, 1.82) is 0 Å². The maximum atomic E-state index is 2.45. The Hall–Kier alpha value is -2.17. The van der Waals surface area contributed by atoms with Crippen LogP contribution in [-0.2, 0) is 12.3 Å². The van der Waals surface area contributed by atoms with Crippen LogP contribution in [0.15, 0.2) is 72.8 Å². The average Bonchev–Trinajstić information content (AvgIpc) is 3.33. The highest BCUT2D eigenvalue weighted by Gasteiger charge is 2.64. The van der Waals surface area contributed by atoms with E-state index in [9.17, 15) is 0 Å². The van der Waals surface area contributed by atoms with Crippen molar-refractivity contribution in [3.05, 3.63) is 83.9 Å². The van der Waals surface area contributed by atoms with Crippen LogP contribution in [0.4, 0.5) is 0 Å². The molecule has 0 N–H and O–H groups in total. The standard InChI is InChI=1S/C27H23P/c1-3-7-23-18(5-1)9-11-20-16-28(27-14-13-22(27)15-27)17-21-12-10-19-6-2-4-8-24(19)26(21)25(20)23/h1-12,22H,13-17H2/t22-,27-/m0/s1. The topological polar surface area (TPSA) is 0 Å². The lowest BCUT2D eigenvalue weighted by Gasteiger charge is -2.34. The fraction of sp³-hybridized carbons (Fsp3) is 0.259. The summed E-state index contributed by atoms with van der Waals surface area (Å²) >= 11 is 0. The zero-order valence-corrected chi connectivity index (χ0v) is 16.9. The molecule has 0 unspecified atom stereocenters. The monoisotopic (exact) mass is 378 g/mol. The molecule has 0 saturated heterocycles. The van der Waals surface area contributed by atoms with Gasteiger partial charge < -0.3 is 0 Å². The summed E-state index contributed by atoms with van der Waals surface area (Å²) in [6.45, 7) is 0. The van der Waals surface area contributed by atoms with Gasteiger partial charge in [-0.25, -0.2) is 0 Å². The Morgan fingerprint density at radius 1 is 0.679 bits per heavy atom. The molecule has 1 aliphatic heterocycles. The second kappa shape index (κ2) is 5.46. The van der Waals surface area contributed by atoms with Crippen LogP contribution >= 0.6 is 7.92 Å². The molecule has 2 aliphatic carbocycles. The molecule has 0 radical (unpaired) electrons. The summed E-state index contributed by atoms with van der Waals surface area (Å²) in [6.07, 6.45) is 7.14. The highest BCUT2D eigenvalue weighted by atomic mass is 31.1. The van der Waals surface area contributed by atoms with Gasteiger partial charge in [-0.2, -0.15) is 0 Å². The molecule has 0 bridgehead atoms. The minimum atomic E-state index is 0.0352. The SMILES string of the molecule is c1ccc2c3c(ccc2c1)CP([C@]12CC[C@H]1C2)Cc1ccc2ccccc2c1-3. The van der Waals surface area contributed by atoms with E-state index in [1.54, 1.807) is 11.1 Å². The van der Waals surface area contributed by atoms with Crippen LogP contribution in [0.2, 0.25) is 0 Å². The fourth-order valence-electron chi connectivity index (χ4n) is 6.07. The highest BCUT2D eigenvalue weighted by Crippen LogP contribution is 2.79. The molecule has 1 heteroatoms. The number of benzene rings is 4. The maximum absolute atomic E-state index is 2.45. The first-order chi connectivity index (χ1) is 13.8. The van der Waals surface area contributed by atoms with Gasteiger partial charge in [0.25, 0.3) is 0 Å². The van der Waals surface area contributed by atoms with Crippen LogP contribution in [0.1, 0.15) is 30.4 Å². The Morgan fingerprint density at radius 3 is 1.71 bits per heavy atom. The van der Waals surface area contributed by atoms with Crippen molar-refractivity contribution < 1.29 is 0 Å². The van der Waals surface area contributed by atoms with Gasteiger partial charge in [0.15, 0.2) is 0 Å². The van der Waals surface area contributed by atoms with Crippen molar-refractivity contribution in [1.82, 2.24) is 0 Å². The summed E-state index contributed by atoms with van der Waals surface area (Å²) < 4.78 is 0. The molecule has 2 fully saturated rings. The fourth-order valence-corrected chi connectivity index (χ4v) is 9.73. The number of fused-ring (bicyclic) bond motifs is 8. The first-order valence-electron chi connectivity index (χ1n) is 10.6. The van der Waals surface area contributed by atoms with Crippen LogP contribution in [0.5, 0.6) is 0 Å². The van der Waals surface area contributed by atoms with Crippen LogP contribution in [0.25, 0.3) is 32.7 Å². The lowest BCUT2D eigenvalue weighted by molar-refractivity contribution is 0.494. The lowest BCUT2D eigenvalue weighted by atomic mass is 9.88. The molecule has 0 nitrogen and oxygen atoms in total. The van der Waals surface area contributed by atoms with Crippen molar-refractivity contribution >= 4 is 29.5 Å². The van der Waals surface area contributed by atoms with Gasteiger partial charge in [0.2, 0.25) is 0 Å². The minimum absolute atomic E-state index is 0.0352. The molecule has 0 amide bonds. The maximum Gasteiger partial charge on any atom is -0.00568 e. The summed E-state index contributed by atoms with van der Waals surface area (Å²) in [5.41, 5.74) is 6.27. The smallest absolute Gasteiger partial charge is 0.00568 e. The van der Waals surface area contributed by atoms with Gasteiger partial charge in [-0.15, -0.1) is 0 Å². The van der Waals surface area contributed by atoms with E-state index in [4.69, 9.17) is 0 Å². The normalized spacial score (nSPS) is 25.5. The Labute approximate surface area is 167 Å². The Balaban J connectivity index is 1.58. The molecule has 7 rings (SSSR count). The molecule has 3 aliphatic rings. The first-order valence-corrected chi connectivity index (χ1v) is 12.3. The van der Waals surface area contributed by atoms with E-state index in [0.717, 1.165) is 11.1 Å². The second-order valence-corrected chi connectivity index (χ2v) is 11.6. The Morgan fingerprint density at radius 2 is 1.25 bits per heavy atom. The summed E-state index contributed by atoms with van der Waals surface area (Å²) in [7, 11) is 0.0352. The summed E-state index contributed by atoms with van der Waals surface area (Å²) in [6, 6.07) is 27.6. The average molecular weight is 378 g/mol. The largest absolute Gasteiger partial charge is 0.0910 e. The molecule has 136 valence electrons. The zero-order valence-electron chi connectivity index (χ0n) is 16.0. The van der Waals surface area contributed by atoms with Gasteiger partial charge in [0, 0.05) is 0 Å². The van der Waals surface area contributed by atoms with Crippen molar-refractivity contribution in [3.8, 4) is 11.1 Å². The number of hydrogen-bond donors (Lipinski definition) is 0. The van der Waals surface area contributed by atoms with Gasteiger partial charge in [0.05, 0.1) is 0 Å². The van der Waals surface area contributed by atoms with Gasteiger partial charge >= 0.3 is 0 Å². The van der Waals surface area contributed by atoms with Crippen molar-refractivity contribution in [3.63, 3.8) is 0 Å². The summed E-state index contributed by atoms with van der Waals surface area (Å²) in [5, 5.41) is 6.36. The van der Waals surface area contributed by atoms with E-state index in [-0.39, 0.29) is 7.92 Å². The third-order valence-electron chi connectivity index (χ3n) is 7.76.